The van der Waals surface area contributed by atoms with E-state index in [9.17, 15) is 0 Å². The van der Waals surface area contributed by atoms with Crippen molar-refractivity contribution in [2.24, 2.45) is 0 Å². The largest absolute Gasteiger partial charge is 0.383 e. The van der Waals surface area contributed by atoms with Crippen molar-refractivity contribution in [3.05, 3.63) is 22.8 Å². The van der Waals surface area contributed by atoms with Crippen LogP contribution in [-0.4, -0.2) is 66.2 Å². The lowest BCUT2D eigenvalue weighted by molar-refractivity contribution is 0.0925. The fourth-order valence-electron chi connectivity index (χ4n) is 2.50. The normalized spacial score (nSPS) is 17.6. The van der Waals surface area contributed by atoms with Gasteiger partial charge in [-0.05, 0) is 26.3 Å². The second kappa shape index (κ2) is 7.11. The Labute approximate surface area is 122 Å². The van der Waals surface area contributed by atoms with Crippen LogP contribution in [0.1, 0.15) is 22.8 Å². The maximum Gasteiger partial charge on any atom is 0.142 e. The van der Waals surface area contributed by atoms with Gasteiger partial charge in [-0.25, -0.2) is 9.97 Å². The predicted molar refractivity (Wildman–Crippen MR) is 79.8 cm³/mol. The molecule has 1 aromatic rings. The Morgan fingerprint density at radius 1 is 0.950 bits per heavy atom. The van der Waals surface area contributed by atoms with E-state index in [2.05, 4.69) is 40.5 Å². The Hall–Kier alpha value is -1.04. The van der Waals surface area contributed by atoms with Crippen LogP contribution in [0.3, 0.4) is 0 Å². The van der Waals surface area contributed by atoms with Crippen molar-refractivity contribution >= 4 is 0 Å². The predicted octanol–water partition coefficient (Wildman–Crippen LogP) is 1.17. The number of rotatable bonds is 5. The highest BCUT2D eigenvalue weighted by atomic mass is 16.5. The van der Waals surface area contributed by atoms with Crippen LogP contribution in [0.5, 0.6) is 0 Å². The second-order valence-corrected chi connectivity index (χ2v) is 5.55. The second-order valence-electron chi connectivity index (χ2n) is 5.55. The number of ether oxygens (including phenoxy) is 1. The Morgan fingerprint density at radius 2 is 1.50 bits per heavy atom. The van der Waals surface area contributed by atoms with Crippen LogP contribution < -0.4 is 0 Å². The van der Waals surface area contributed by atoms with Crippen molar-refractivity contribution in [1.29, 1.82) is 0 Å². The number of hydrogen-bond donors (Lipinski definition) is 0. The molecule has 112 valence electrons. The molecule has 0 spiro atoms. The average Bonchev–Trinajstić information content (AvgIpc) is 2.44. The van der Waals surface area contributed by atoms with Crippen LogP contribution in [0.4, 0.5) is 0 Å². The molecule has 2 rings (SSSR count). The van der Waals surface area contributed by atoms with E-state index >= 15 is 0 Å². The van der Waals surface area contributed by atoms with E-state index in [1.165, 1.54) is 5.56 Å². The zero-order valence-corrected chi connectivity index (χ0v) is 13.1. The molecule has 2 heterocycles. The zero-order valence-electron chi connectivity index (χ0n) is 13.1. The zero-order chi connectivity index (χ0) is 14.5. The lowest BCUT2D eigenvalue weighted by atomic mass is 10.2. The van der Waals surface area contributed by atoms with Crippen LogP contribution in [0.2, 0.25) is 0 Å². The Morgan fingerprint density at radius 3 is 2.05 bits per heavy atom. The summed E-state index contributed by atoms with van der Waals surface area (Å²) in [5.41, 5.74) is 3.41. The number of piperazine rings is 1. The number of hydrogen-bond acceptors (Lipinski definition) is 5. The number of aryl methyl sites for hydroxylation is 2. The highest BCUT2D eigenvalue weighted by Gasteiger charge is 2.17. The van der Waals surface area contributed by atoms with E-state index in [0.29, 0.717) is 0 Å². The molecule has 0 unspecified atom stereocenters. The van der Waals surface area contributed by atoms with Gasteiger partial charge in [0.05, 0.1) is 13.2 Å². The van der Waals surface area contributed by atoms with E-state index in [-0.39, 0.29) is 0 Å². The number of nitrogens with zero attached hydrogens (tertiary/aromatic N) is 4. The van der Waals surface area contributed by atoms with Crippen molar-refractivity contribution in [2.75, 3.05) is 46.4 Å². The van der Waals surface area contributed by atoms with E-state index in [1.807, 2.05) is 0 Å². The summed E-state index contributed by atoms with van der Waals surface area (Å²) < 4.78 is 5.13. The number of methoxy groups -OCH3 is 1. The smallest absolute Gasteiger partial charge is 0.142 e. The fourth-order valence-corrected chi connectivity index (χ4v) is 2.50. The molecule has 1 aromatic heterocycles. The summed E-state index contributed by atoms with van der Waals surface area (Å²) in [5, 5.41) is 0. The molecule has 0 saturated carbocycles. The molecule has 0 bridgehead atoms. The molecule has 0 amide bonds. The lowest BCUT2D eigenvalue weighted by Crippen LogP contribution is -2.47. The molecule has 20 heavy (non-hydrogen) atoms. The molecule has 0 atom stereocenters. The highest BCUT2D eigenvalue weighted by Crippen LogP contribution is 2.11. The van der Waals surface area contributed by atoms with Gasteiger partial charge in [-0.15, -0.1) is 0 Å². The highest BCUT2D eigenvalue weighted by molar-refractivity contribution is 5.22. The van der Waals surface area contributed by atoms with Gasteiger partial charge in [-0.3, -0.25) is 9.80 Å². The maximum absolute atomic E-state index is 5.13. The first kappa shape index (κ1) is 15.4. The lowest BCUT2D eigenvalue weighted by Gasteiger charge is -2.34. The summed E-state index contributed by atoms with van der Waals surface area (Å²) in [6.45, 7) is 13.3. The van der Waals surface area contributed by atoms with Gasteiger partial charge in [0.1, 0.15) is 5.82 Å². The molecule has 1 aliphatic heterocycles. The van der Waals surface area contributed by atoms with Crippen LogP contribution in [0.25, 0.3) is 0 Å². The molecule has 5 nitrogen and oxygen atoms in total. The minimum absolute atomic E-state index is 0.819. The van der Waals surface area contributed by atoms with Gasteiger partial charge in [-0.1, -0.05) is 0 Å². The third kappa shape index (κ3) is 3.98. The van der Waals surface area contributed by atoms with Gasteiger partial charge in [0.2, 0.25) is 0 Å². The molecular weight excluding hydrogens is 252 g/mol. The molecule has 0 radical (unpaired) electrons. The molecule has 1 fully saturated rings. The fraction of sp³-hybridized carbons (Fsp3) is 0.733. The molecule has 0 aromatic carbocycles. The minimum Gasteiger partial charge on any atom is -0.383 e. The van der Waals surface area contributed by atoms with Crippen LogP contribution in [0.15, 0.2) is 0 Å². The van der Waals surface area contributed by atoms with Crippen molar-refractivity contribution < 1.29 is 4.74 Å². The molecule has 5 heteroatoms. The van der Waals surface area contributed by atoms with Crippen LogP contribution >= 0.6 is 0 Å². The van der Waals surface area contributed by atoms with Crippen molar-refractivity contribution in [2.45, 2.75) is 27.3 Å². The van der Waals surface area contributed by atoms with Gasteiger partial charge >= 0.3 is 0 Å². The summed E-state index contributed by atoms with van der Waals surface area (Å²) in [6.07, 6.45) is 0. The third-order valence-corrected chi connectivity index (χ3v) is 4.12. The first-order chi connectivity index (χ1) is 9.60. The summed E-state index contributed by atoms with van der Waals surface area (Å²) in [4.78, 5) is 14.1. The molecule has 1 aliphatic rings. The van der Waals surface area contributed by atoms with Gasteiger partial charge in [-0.2, -0.15) is 0 Å². The van der Waals surface area contributed by atoms with Crippen LogP contribution in [-0.2, 0) is 11.3 Å². The first-order valence-electron chi connectivity index (χ1n) is 7.34. The van der Waals surface area contributed by atoms with Crippen molar-refractivity contribution in [1.82, 2.24) is 19.8 Å². The molecule has 0 N–H and O–H groups in total. The molecular formula is C15H26N4O. The van der Waals surface area contributed by atoms with Gasteiger partial charge < -0.3 is 4.74 Å². The Balaban J connectivity index is 1.86. The SMILES string of the molecule is COCCN1CCN(Cc2nc(C)c(C)c(C)n2)CC1. The van der Waals surface area contributed by atoms with Gasteiger partial charge in [0, 0.05) is 51.2 Å². The Kier molecular flexibility index (Phi) is 5.46. The van der Waals surface area contributed by atoms with Crippen molar-refractivity contribution in [3.8, 4) is 0 Å². The maximum atomic E-state index is 5.13. The van der Waals surface area contributed by atoms with E-state index in [4.69, 9.17) is 4.74 Å². The van der Waals surface area contributed by atoms with Gasteiger partial charge in [0.25, 0.3) is 0 Å². The average molecular weight is 278 g/mol. The van der Waals surface area contributed by atoms with Crippen LogP contribution in [0, 0.1) is 20.8 Å². The molecule has 1 saturated heterocycles. The van der Waals surface area contributed by atoms with Gasteiger partial charge in [0.15, 0.2) is 0 Å². The number of aromatic nitrogens is 2. The first-order valence-corrected chi connectivity index (χ1v) is 7.34. The summed E-state index contributed by atoms with van der Waals surface area (Å²) in [6, 6.07) is 0. The summed E-state index contributed by atoms with van der Waals surface area (Å²) >= 11 is 0. The van der Waals surface area contributed by atoms with E-state index in [1.54, 1.807) is 7.11 Å². The standard InChI is InChI=1S/C15H26N4O/c1-12-13(2)16-15(17-14(12)3)11-19-7-5-18(6-8-19)9-10-20-4/h5-11H2,1-4H3. The Bertz CT molecular complexity index is 418. The van der Waals surface area contributed by atoms with E-state index < -0.39 is 0 Å². The monoisotopic (exact) mass is 278 g/mol. The molecule has 0 aliphatic carbocycles. The van der Waals surface area contributed by atoms with Crippen molar-refractivity contribution in [3.63, 3.8) is 0 Å². The quantitative estimate of drug-likeness (QED) is 0.808. The summed E-state index contributed by atoms with van der Waals surface area (Å²) in [7, 11) is 1.76. The summed E-state index contributed by atoms with van der Waals surface area (Å²) in [5.74, 6) is 0.955. The van der Waals surface area contributed by atoms with E-state index in [0.717, 1.165) is 63.1 Å². The third-order valence-electron chi connectivity index (χ3n) is 4.12. The minimum atomic E-state index is 0.819. The topological polar surface area (TPSA) is 41.5 Å².